The molecule has 1 atom stereocenters. The summed E-state index contributed by atoms with van der Waals surface area (Å²) >= 11 is 0. The summed E-state index contributed by atoms with van der Waals surface area (Å²) in [4.78, 5) is 7.07. The van der Waals surface area contributed by atoms with Crippen LogP contribution in [0, 0.1) is 0 Å². The molecule has 130 valence electrons. The van der Waals surface area contributed by atoms with Crippen LogP contribution in [-0.4, -0.2) is 36.4 Å². The van der Waals surface area contributed by atoms with Crippen molar-refractivity contribution in [2.24, 2.45) is 0 Å². The molecule has 0 saturated carbocycles. The third-order valence-electron chi connectivity index (χ3n) is 4.58. The lowest BCUT2D eigenvalue weighted by Crippen LogP contribution is -2.21. The van der Waals surface area contributed by atoms with Gasteiger partial charge in [-0.1, -0.05) is 18.2 Å². The number of methoxy groups -OCH3 is 1. The third kappa shape index (κ3) is 3.41. The van der Waals surface area contributed by atoms with Gasteiger partial charge in [0.05, 0.1) is 24.4 Å². The number of nitrogens with zero attached hydrogens (tertiary/aromatic N) is 2. The first-order valence-corrected chi connectivity index (χ1v) is 8.22. The van der Waals surface area contributed by atoms with E-state index < -0.39 is 0 Å². The van der Waals surface area contributed by atoms with Crippen LogP contribution in [-0.2, 0) is 0 Å². The lowest BCUT2D eigenvalue weighted by atomic mass is 10.1. The van der Waals surface area contributed by atoms with Gasteiger partial charge in [-0.25, -0.2) is 4.98 Å². The largest absolute Gasteiger partial charge is 0.497 e. The summed E-state index contributed by atoms with van der Waals surface area (Å²) in [5, 5.41) is 11.0. The summed E-state index contributed by atoms with van der Waals surface area (Å²) in [5.41, 5.74) is 4.11. The molecule has 0 spiro atoms. The third-order valence-corrected chi connectivity index (χ3v) is 4.58. The SMILES string of the molecule is COc1ccc(-c2cc(N3CC[C@H](O)C3)c3ccccc3n2)cc1.Cl. The van der Waals surface area contributed by atoms with Crippen LogP contribution in [0.1, 0.15) is 6.42 Å². The Morgan fingerprint density at radius 3 is 2.56 bits per heavy atom. The van der Waals surface area contributed by atoms with Crippen LogP contribution in [0.15, 0.2) is 54.6 Å². The second-order valence-electron chi connectivity index (χ2n) is 6.16. The van der Waals surface area contributed by atoms with Crippen molar-refractivity contribution in [3.63, 3.8) is 0 Å². The molecule has 0 aliphatic carbocycles. The van der Waals surface area contributed by atoms with Gasteiger partial charge in [0, 0.05) is 29.7 Å². The molecule has 25 heavy (non-hydrogen) atoms. The number of aliphatic hydroxyl groups is 1. The number of benzene rings is 2. The first-order valence-electron chi connectivity index (χ1n) is 8.22. The van der Waals surface area contributed by atoms with Gasteiger partial charge in [0.1, 0.15) is 5.75 Å². The van der Waals surface area contributed by atoms with Crippen LogP contribution < -0.4 is 9.64 Å². The maximum Gasteiger partial charge on any atom is 0.118 e. The van der Waals surface area contributed by atoms with Crippen molar-refractivity contribution in [1.29, 1.82) is 0 Å². The molecule has 0 radical (unpaired) electrons. The molecule has 3 aromatic rings. The molecular formula is C20H21ClN2O2. The summed E-state index contributed by atoms with van der Waals surface area (Å²) in [6.07, 6.45) is 0.565. The van der Waals surface area contributed by atoms with E-state index in [1.807, 2.05) is 42.5 Å². The molecule has 1 aliphatic rings. The molecule has 4 rings (SSSR count). The van der Waals surface area contributed by atoms with Gasteiger partial charge in [0.2, 0.25) is 0 Å². The number of para-hydroxylation sites is 1. The summed E-state index contributed by atoms with van der Waals surface area (Å²) < 4.78 is 5.24. The minimum atomic E-state index is -0.249. The van der Waals surface area contributed by atoms with Gasteiger partial charge in [-0.2, -0.15) is 0 Å². The number of β-amino-alcohol motifs (C(OH)–C–C–N with tert-alkyl or cyclic N) is 1. The van der Waals surface area contributed by atoms with Gasteiger partial charge in [-0.15, -0.1) is 12.4 Å². The van der Waals surface area contributed by atoms with Crippen LogP contribution in [0.5, 0.6) is 5.75 Å². The normalized spacial score (nSPS) is 16.7. The molecule has 1 aliphatic heterocycles. The van der Waals surface area contributed by atoms with Gasteiger partial charge >= 0.3 is 0 Å². The van der Waals surface area contributed by atoms with Crippen molar-refractivity contribution in [3.05, 3.63) is 54.6 Å². The number of rotatable bonds is 3. The number of pyridine rings is 1. The highest BCUT2D eigenvalue weighted by molar-refractivity contribution is 5.94. The number of fused-ring (bicyclic) bond motifs is 1. The van der Waals surface area contributed by atoms with Gasteiger partial charge < -0.3 is 14.7 Å². The van der Waals surface area contributed by atoms with Crippen molar-refractivity contribution >= 4 is 29.0 Å². The monoisotopic (exact) mass is 356 g/mol. The van der Waals surface area contributed by atoms with E-state index in [2.05, 4.69) is 17.0 Å². The van der Waals surface area contributed by atoms with Gasteiger partial charge in [0.15, 0.2) is 0 Å². The van der Waals surface area contributed by atoms with Gasteiger partial charge in [-0.05, 0) is 42.8 Å². The highest BCUT2D eigenvalue weighted by atomic mass is 35.5. The van der Waals surface area contributed by atoms with Crippen molar-refractivity contribution in [1.82, 2.24) is 4.98 Å². The number of anilines is 1. The summed E-state index contributed by atoms with van der Waals surface area (Å²) in [7, 11) is 1.67. The Labute approximate surface area is 153 Å². The Kier molecular flexibility index (Phi) is 5.11. The molecule has 0 amide bonds. The Balaban J connectivity index is 0.00000182. The Morgan fingerprint density at radius 1 is 1.12 bits per heavy atom. The zero-order valence-electron chi connectivity index (χ0n) is 14.1. The molecule has 2 heterocycles. The Morgan fingerprint density at radius 2 is 1.88 bits per heavy atom. The summed E-state index contributed by atoms with van der Waals surface area (Å²) in [5.74, 6) is 0.836. The first kappa shape index (κ1) is 17.5. The lowest BCUT2D eigenvalue weighted by Gasteiger charge is -2.21. The first-order chi connectivity index (χ1) is 11.7. The fraction of sp³-hybridized carbons (Fsp3) is 0.250. The van der Waals surface area contributed by atoms with E-state index in [-0.39, 0.29) is 18.5 Å². The predicted octanol–water partition coefficient (Wildman–Crippen LogP) is 3.90. The second kappa shape index (κ2) is 7.30. The highest BCUT2D eigenvalue weighted by Crippen LogP contribution is 2.33. The van der Waals surface area contributed by atoms with Crippen LogP contribution in [0.3, 0.4) is 0 Å². The van der Waals surface area contributed by atoms with E-state index in [9.17, 15) is 5.11 Å². The van der Waals surface area contributed by atoms with E-state index >= 15 is 0 Å². The molecule has 5 heteroatoms. The Hall–Kier alpha value is -2.30. The minimum absolute atomic E-state index is 0. The number of hydrogen-bond donors (Lipinski definition) is 1. The number of ether oxygens (including phenoxy) is 1. The molecule has 0 bridgehead atoms. The quantitative estimate of drug-likeness (QED) is 0.773. The zero-order chi connectivity index (χ0) is 16.5. The second-order valence-corrected chi connectivity index (χ2v) is 6.16. The smallest absolute Gasteiger partial charge is 0.118 e. The molecule has 1 N–H and O–H groups in total. The average Bonchev–Trinajstić information content (AvgIpc) is 3.07. The van der Waals surface area contributed by atoms with E-state index in [0.29, 0.717) is 6.54 Å². The molecule has 1 aromatic heterocycles. The van der Waals surface area contributed by atoms with Crippen molar-refractivity contribution in [2.45, 2.75) is 12.5 Å². The summed E-state index contributed by atoms with van der Waals surface area (Å²) in [6.45, 7) is 1.55. The maximum absolute atomic E-state index is 9.91. The van der Waals surface area contributed by atoms with Crippen LogP contribution >= 0.6 is 12.4 Å². The van der Waals surface area contributed by atoms with Gasteiger partial charge in [-0.3, -0.25) is 0 Å². The van der Waals surface area contributed by atoms with Gasteiger partial charge in [0.25, 0.3) is 0 Å². The van der Waals surface area contributed by atoms with Crippen molar-refractivity contribution in [2.75, 3.05) is 25.1 Å². The molecule has 1 saturated heterocycles. The molecule has 2 aromatic carbocycles. The predicted molar refractivity (Wildman–Crippen MR) is 104 cm³/mol. The highest BCUT2D eigenvalue weighted by Gasteiger charge is 2.22. The van der Waals surface area contributed by atoms with Crippen LogP contribution in [0.25, 0.3) is 22.2 Å². The van der Waals surface area contributed by atoms with Crippen LogP contribution in [0.4, 0.5) is 5.69 Å². The van der Waals surface area contributed by atoms with E-state index in [4.69, 9.17) is 9.72 Å². The van der Waals surface area contributed by atoms with E-state index in [1.54, 1.807) is 7.11 Å². The number of hydrogen-bond acceptors (Lipinski definition) is 4. The average molecular weight is 357 g/mol. The standard InChI is InChI=1S/C20H20N2O2.ClH/c1-24-16-8-6-14(7-9-16)19-12-20(22-11-10-15(23)13-22)17-4-2-3-5-18(17)21-19;/h2-9,12,15,23H,10-11,13H2,1H3;1H/t15-;/m0./s1. The van der Waals surface area contributed by atoms with Crippen molar-refractivity contribution in [3.8, 4) is 17.0 Å². The fourth-order valence-corrected chi connectivity index (χ4v) is 3.29. The molecular weight excluding hydrogens is 336 g/mol. The Bertz CT molecular complexity index is 867. The van der Waals surface area contributed by atoms with Crippen molar-refractivity contribution < 1.29 is 9.84 Å². The van der Waals surface area contributed by atoms with E-state index in [1.165, 1.54) is 0 Å². The molecule has 0 unspecified atom stereocenters. The number of aromatic nitrogens is 1. The topological polar surface area (TPSA) is 45.6 Å². The zero-order valence-corrected chi connectivity index (χ0v) is 14.9. The number of halogens is 1. The van der Waals surface area contributed by atoms with E-state index in [0.717, 1.165) is 46.6 Å². The lowest BCUT2D eigenvalue weighted by molar-refractivity contribution is 0.198. The van der Waals surface area contributed by atoms with Crippen LogP contribution in [0.2, 0.25) is 0 Å². The molecule has 4 nitrogen and oxygen atoms in total. The maximum atomic E-state index is 9.91. The fourth-order valence-electron chi connectivity index (χ4n) is 3.29. The molecule has 1 fully saturated rings. The minimum Gasteiger partial charge on any atom is -0.497 e. The summed E-state index contributed by atoms with van der Waals surface area (Å²) in [6, 6.07) is 18.3. The number of aliphatic hydroxyl groups excluding tert-OH is 1.